The summed E-state index contributed by atoms with van der Waals surface area (Å²) in [7, 11) is 0. The number of nitrogens with one attached hydrogen (secondary N) is 1. The average Bonchev–Trinajstić information content (AvgIpc) is 3.08. The van der Waals surface area contributed by atoms with E-state index in [0.29, 0.717) is 23.9 Å². The number of aromatic nitrogens is 3. The Balaban J connectivity index is 1.52. The van der Waals surface area contributed by atoms with Crippen molar-refractivity contribution < 1.29 is 9.18 Å². The summed E-state index contributed by atoms with van der Waals surface area (Å²) in [4.78, 5) is 12.1. The predicted molar refractivity (Wildman–Crippen MR) is 118 cm³/mol. The van der Waals surface area contributed by atoms with Gasteiger partial charge in [0.2, 0.25) is 11.1 Å². The quantitative estimate of drug-likeness (QED) is 0.445. The van der Waals surface area contributed by atoms with E-state index in [0.717, 1.165) is 11.1 Å². The van der Waals surface area contributed by atoms with Crippen LogP contribution in [0.15, 0.2) is 53.7 Å². The summed E-state index contributed by atoms with van der Waals surface area (Å²) in [5.74, 6) is 6.48. The molecule has 1 aromatic heterocycles. The van der Waals surface area contributed by atoms with Gasteiger partial charge in [-0.15, -0.1) is 10.2 Å². The Kier molecular flexibility index (Phi) is 6.77. The number of benzene rings is 2. The van der Waals surface area contributed by atoms with Gasteiger partial charge in [0.1, 0.15) is 5.82 Å². The third-order valence-corrected chi connectivity index (χ3v) is 5.60. The zero-order chi connectivity index (χ0) is 21.7. The summed E-state index contributed by atoms with van der Waals surface area (Å²) in [5, 5.41) is 11.6. The Morgan fingerprint density at radius 3 is 2.40 bits per heavy atom. The van der Waals surface area contributed by atoms with Crippen LogP contribution in [0.25, 0.3) is 11.4 Å². The smallest absolute Gasteiger partial charge is 0.230 e. The molecule has 3 aromatic rings. The second-order valence-corrected chi connectivity index (χ2v) is 8.96. The molecule has 0 spiro atoms. The molecule has 2 aromatic carbocycles. The molecule has 0 fully saturated rings. The van der Waals surface area contributed by atoms with Crippen LogP contribution in [0.1, 0.15) is 31.9 Å². The summed E-state index contributed by atoms with van der Waals surface area (Å²) in [6, 6.07) is 14.3. The van der Waals surface area contributed by atoms with E-state index in [9.17, 15) is 9.18 Å². The van der Waals surface area contributed by atoms with Crippen molar-refractivity contribution in [2.75, 3.05) is 18.1 Å². The number of nitrogen functional groups attached to an aromatic ring is 1. The minimum atomic E-state index is -0.269. The molecular weight excluding hydrogens is 401 g/mol. The van der Waals surface area contributed by atoms with E-state index < -0.39 is 0 Å². The zero-order valence-electron chi connectivity index (χ0n) is 17.4. The molecule has 0 aliphatic rings. The Bertz CT molecular complexity index is 994. The first kappa shape index (κ1) is 21.8. The highest BCUT2D eigenvalue weighted by Gasteiger charge is 2.16. The van der Waals surface area contributed by atoms with Gasteiger partial charge in [-0.25, -0.2) is 9.07 Å². The number of hydrogen-bond donors (Lipinski definition) is 2. The fraction of sp³-hybridized carbons (Fsp3) is 0.318. The van der Waals surface area contributed by atoms with Crippen LogP contribution in [0.2, 0.25) is 0 Å². The molecule has 0 bridgehead atoms. The van der Waals surface area contributed by atoms with Crippen LogP contribution in [0.5, 0.6) is 0 Å². The number of nitrogens with zero attached hydrogens (tertiary/aromatic N) is 3. The summed E-state index contributed by atoms with van der Waals surface area (Å²) >= 11 is 1.23. The van der Waals surface area contributed by atoms with Crippen molar-refractivity contribution in [3.05, 3.63) is 65.5 Å². The second kappa shape index (κ2) is 9.30. The van der Waals surface area contributed by atoms with Gasteiger partial charge >= 0.3 is 0 Å². The van der Waals surface area contributed by atoms with Gasteiger partial charge in [-0.3, -0.25) is 4.79 Å². The van der Waals surface area contributed by atoms with Crippen LogP contribution in [0.4, 0.5) is 4.39 Å². The molecule has 0 atom stereocenters. The fourth-order valence-electron chi connectivity index (χ4n) is 2.87. The van der Waals surface area contributed by atoms with Gasteiger partial charge in [-0.05, 0) is 35.1 Å². The normalized spacial score (nSPS) is 11.5. The van der Waals surface area contributed by atoms with Crippen molar-refractivity contribution in [3.63, 3.8) is 0 Å². The van der Waals surface area contributed by atoms with Crippen molar-refractivity contribution in [3.8, 4) is 11.4 Å². The lowest BCUT2D eigenvalue weighted by Crippen LogP contribution is -2.27. The van der Waals surface area contributed by atoms with Crippen molar-refractivity contribution >= 4 is 17.7 Å². The molecule has 1 heterocycles. The summed E-state index contributed by atoms with van der Waals surface area (Å²) in [5.41, 5.74) is 3.13. The van der Waals surface area contributed by atoms with Gasteiger partial charge in [0.05, 0.1) is 5.75 Å². The highest BCUT2D eigenvalue weighted by Crippen LogP contribution is 2.26. The number of nitrogens with two attached hydrogens (primary N) is 1. The minimum Gasteiger partial charge on any atom is -0.355 e. The summed E-state index contributed by atoms with van der Waals surface area (Å²) in [6.45, 7) is 6.96. The molecular formula is C22H26FN5OS. The monoisotopic (exact) mass is 427 g/mol. The Morgan fingerprint density at radius 2 is 1.77 bits per heavy atom. The van der Waals surface area contributed by atoms with E-state index in [2.05, 4.69) is 48.4 Å². The molecule has 3 rings (SSSR count). The number of halogens is 1. The second-order valence-electron chi connectivity index (χ2n) is 8.02. The van der Waals surface area contributed by atoms with Gasteiger partial charge in [-0.2, -0.15) is 0 Å². The molecule has 30 heavy (non-hydrogen) atoms. The van der Waals surface area contributed by atoms with Crippen molar-refractivity contribution in [2.24, 2.45) is 0 Å². The maximum atomic E-state index is 12.9. The molecule has 158 valence electrons. The van der Waals surface area contributed by atoms with E-state index in [1.54, 1.807) is 12.1 Å². The highest BCUT2D eigenvalue weighted by atomic mass is 32.2. The lowest BCUT2D eigenvalue weighted by molar-refractivity contribution is -0.118. The molecule has 0 saturated heterocycles. The third kappa shape index (κ3) is 5.60. The SMILES string of the molecule is CC(C)(C)c1ccc(-c2nnc(SCC(=O)NCCc3ccc(F)cc3)n2N)cc1. The largest absolute Gasteiger partial charge is 0.355 e. The molecule has 0 aliphatic heterocycles. The van der Waals surface area contributed by atoms with Crippen molar-refractivity contribution in [1.82, 2.24) is 20.2 Å². The van der Waals surface area contributed by atoms with Gasteiger partial charge < -0.3 is 11.2 Å². The number of rotatable bonds is 7. The molecule has 0 radical (unpaired) electrons. The molecule has 0 aliphatic carbocycles. The van der Waals surface area contributed by atoms with Gasteiger partial charge in [-0.1, -0.05) is 68.9 Å². The van der Waals surface area contributed by atoms with Crippen molar-refractivity contribution in [2.45, 2.75) is 37.8 Å². The van der Waals surface area contributed by atoms with E-state index in [1.807, 2.05) is 12.1 Å². The molecule has 0 unspecified atom stereocenters. The van der Waals surface area contributed by atoms with Crippen LogP contribution in [0, 0.1) is 5.82 Å². The number of carbonyl (C=O) groups excluding carboxylic acids is 1. The molecule has 6 nitrogen and oxygen atoms in total. The lowest BCUT2D eigenvalue weighted by atomic mass is 9.87. The predicted octanol–water partition coefficient (Wildman–Crippen LogP) is 3.55. The summed E-state index contributed by atoms with van der Waals surface area (Å²) in [6.07, 6.45) is 0.637. The van der Waals surface area contributed by atoms with Gasteiger partial charge in [0.15, 0.2) is 5.82 Å². The van der Waals surface area contributed by atoms with Crippen LogP contribution >= 0.6 is 11.8 Å². The maximum absolute atomic E-state index is 12.9. The van der Waals surface area contributed by atoms with Crippen LogP contribution in [-0.4, -0.2) is 33.1 Å². The molecule has 8 heteroatoms. The van der Waals surface area contributed by atoms with E-state index in [1.165, 1.54) is 34.1 Å². The average molecular weight is 428 g/mol. The first-order valence-corrected chi connectivity index (χ1v) is 10.7. The van der Waals surface area contributed by atoms with E-state index in [4.69, 9.17) is 5.84 Å². The highest BCUT2D eigenvalue weighted by molar-refractivity contribution is 7.99. The molecule has 0 saturated carbocycles. The third-order valence-electron chi connectivity index (χ3n) is 4.66. The topological polar surface area (TPSA) is 85.8 Å². The van der Waals surface area contributed by atoms with Crippen LogP contribution in [0.3, 0.4) is 0 Å². The molecule has 1 amide bonds. The Labute approximate surface area is 180 Å². The maximum Gasteiger partial charge on any atom is 0.230 e. The minimum absolute atomic E-state index is 0.0694. The number of carbonyl (C=O) groups is 1. The first-order chi connectivity index (χ1) is 14.2. The lowest BCUT2D eigenvalue weighted by Gasteiger charge is -2.19. The Hall–Kier alpha value is -2.87. The van der Waals surface area contributed by atoms with Crippen LogP contribution in [-0.2, 0) is 16.6 Å². The van der Waals surface area contributed by atoms with Crippen LogP contribution < -0.4 is 11.2 Å². The number of amides is 1. The number of thioether (sulfide) groups is 1. The van der Waals surface area contributed by atoms with Gasteiger partial charge in [0.25, 0.3) is 0 Å². The molecule has 3 N–H and O–H groups in total. The first-order valence-electron chi connectivity index (χ1n) is 9.69. The standard InChI is InChI=1S/C22H26FN5OS/c1-22(2,3)17-8-6-16(7-9-17)20-26-27-21(28(20)24)30-14-19(29)25-13-12-15-4-10-18(23)11-5-15/h4-11H,12-14,24H2,1-3H3,(H,25,29). The van der Waals surface area contributed by atoms with E-state index >= 15 is 0 Å². The zero-order valence-corrected chi connectivity index (χ0v) is 18.2. The van der Waals surface area contributed by atoms with Crippen molar-refractivity contribution in [1.29, 1.82) is 0 Å². The van der Waals surface area contributed by atoms with E-state index in [-0.39, 0.29) is 22.9 Å². The Morgan fingerprint density at radius 1 is 1.10 bits per heavy atom. The summed E-state index contributed by atoms with van der Waals surface area (Å²) < 4.78 is 14.3. The fourth-order valence-corrected chi connectivity index (χ4v) is 3.56. The number of hydrogen-bond acceptors (Lipinski definition) is 5. The van der Waals surface area contributed by atoms with Gasteiger partial charge in [0, 0.05) is 12.1 Å².